The Labute approximate surface area is 83.1 Å². The lowest BCUT2D eigenvalue weighted by Crippen LogP contribution is -2.18. The largest absolute Gasteiger partial charge is 0.574 e. The first-order valence-electron chi connectivity index (χ1n) is 3.82. The monoisotopic (exact) mass is 217 g/mol. The zero-order valence-electron chi connectivity index (χ0n) is 7.38. The Kier molecular flexibility index (Phi) is 3.11. The van der Waals surface area contributed by atoms with E-state index in [2.05, 4.69) is 9.72 Å². The fourth-order valence-electron chi connectivity index (χ4n) is 0.914. The molecule has 0 aliphatic heterocycles. The summed E-state index contributed by atoms with van der Waals surface area (Å²) in [6.45, 7) is -0.127. The Morgan fingerprint density at radius 1 is 1.47 bits per heavy atom. The summed E-state index contributed by atoms with van der Waals surface area (Å²) in [5, 5.41) is 8.56. The summed E-state index contributed by atoms with van der Waals surface area (Å²) in [6.07, 6.45) is -4.80. The molecule has 0 amide bonds. The van der Waals surface area contributed by atoms with Crippen molar-refractivity contribution in [2.24, 2.45) is 5.73 Å². The van der Waals surface area contributed by atoms with Crippen molar-refractivity contribution in [3.8, 4) is 11.9 Å². The van der Waals surface area contributed by atoms with Crippen molar-refractivity contribution in [2.45, 2.75) is 12.9 Å². The molecular weight excluding hydrogens is 211 g/mol. The SMILES string of the molecule is N#Cc1ccc(OC(F)(F)F)nc1CN. The van der Waals surface area contributed by atoms with Crippen LogP contribution in [-0.2, 0) is 6.54 Å². The lowest BCUT2D eigenvalue weighted by molar-refractivity contribution is -0.276. The van der Waals surface area contributed by atoms with Gasteiger partial charge in [-0.2, -0.15) is 5.26 Å². The molecule has 2 N–H and O–H groups in total. The van der Waals surface area contributed by atoms with Gasteiger partial charge in [0.25, 0.3) is 0 Å². The first-order valence-corrected chi connectivity index (χ1v) is 3.82. The van der Waals surface area contributed by atoms with Gasteiger partial charge in [-0.15, -0.1) is 13.2 Å². The summed E-state index contributed by atoms with van der Waals surface area (Å²) >= 11 is 0. The van der Waals surface area contributed by atoms with E-state index >= 15 is 0 Å². The molecule has 0 aliphatic carbocycles. The highest BCUT2D eigenvalue weighted by Crippen LogP contribution is 2.21. The van der Waals surface area contributed by atoms with E-state index in [9.17, 15) is 13.2 Å². The van der Waals surface area contributed by atoms with Gasteiger partial charge in [-0.25, -0.2) is 4.98 Å². The van der Waals surface area contributed by atoms with E-state index in [0.717, 1.165) is 6.07 Å². The summed E-state index contributed by atoms with van der Waals surface area (Å²) in [7, 11) is 0. The number of nitrogens with zero attached hydrogens (tertiary/aromatic N) is 2. The third kappa shape index (κ3) is 3.11. The third-order valence-electron chi connectivity index (χ3n) is 1.48. The molecule has 0 bridgehead atoms. The Bertz CT molecular complexity index is 397. The average Bonchev–Trinajstić information content (AvgIpc) is 2.15. The maximum absolute atomic E-state index is 11.8. The van der Waals surface area contributed by atoms with Gasteiger partial charge < -0.3 is 10.5 Å². The molecule has 1 rings (SSSR count). The number of hydrogen-bond donors (Lipinski definition) is 1. The van der Waals surface area contributed by atoms with Crippen molar-refractivity contribution in [1.29, 1.82) is 5.26 Å². The van der Waals surface area contributed by atoms with Gasteiger partial charge in [-0.3, -0.25) is 0 Å². The molecule has 15 heavy (non-hydrogen) atoms. The van der Waals surface area contributed by atoms with Crippen LogP contribution in [0.5, 0.6) is 5.88 Å². The smallest absolute Gasteiger partial charge is 0.388 e. The zero-order valence-corrected chi connectivity index (χ0v) is 7.38. The lowest BCUT2D eigenvalue weighted by atomic mass is 10.2. The Morgan fingerprint density at radius 3 is 2.60 bits per heavy atom. The van der Waals surface area contributed by atoms with Crippen molar-refractivity contribution in [3.63, 3.8) is 0 Å². The molecule has 1 aromatic rings. The van der Waals surface area contributed by atoms with Crippen LogP contribution in [0.15, 0.2) is 12.1 Å². The van der Waals surface area contributed by atoms with Gasteiger partial charge in [0.1, 0.15) is 6.07 Å². The highest BCUT2D eigenvalue weighted by molar-refractivity contribution is 5.35. The van der Waals surface area contributed by atoms with Crippen molar-refractivity contribution in [1.82, 2.24) is 4.98 Å². The molecule has 0 fully saturated rings. The second-order valence-corrected chi connectivity index (χ2v) is 2.51. The van der Waals surface area contributed by atoms with Gasteiger partial charge in [0, 0.05) is 12.6 Å². The Hall–Kier alpha value is -1.81. The molecule has 0 atom stereocenters. The molecule has 0 saturated heterocycles. The van der Waals surface area contributed by atoms with Crippen LogP contribution in [0.25, 0.3) is 0 Å². The van der Waals surface area contributed by atoms with Crippen LogP contribution in [0, 0.1) is 11.3 Å². The molecule has 4 nitrogen and oxygen atoms in total. The number of nitrogens with two attached hydrogens (primary N) is 1. The van der Waals surface area contributed by atoms with E-state index in [4.69, 9.17) is 11.0 Å². The molecule has 0 radical (unpaired) electrons. The molecule has 0 unspecified atom stereocenters. The minimum absolute atomic E-state index is 0.0688. The molecule has 7 heteroatoms. The van der Waals surface area contributed by atoms with E-state index in [-0.39, 0.29) is 17.8 Å². The second kappa shape index (κ2) is 4.14. The molecule has 0 spiro atoms. The fourth-order valence-corrected chi connectivity index (χ4v) is 0.914. The van der Waals surface area contributed by atoms with Crippen LogP contribution in [0.3, 0.4) is 0 Å². The molecule has 80 valence electrons. The van der Waals surface area contributed by atoms with Crippen LogP contribution < -0.4 is 10.5 Å². The standard InChI is InChI=1S/C8H6F3N3O/c9-8(10,11)15-7-2-1-5(3-12)6(4-13)14-7/h1-2H,4,13H2. The molecule has 1 aromatic heterocycles. The summed E-state index contributed by atoms with van der Waals surface area (Å²) < 4.78 is 39.0. The van der Waals surface area contributed by atoms with Crippen molar-refractivity contribution >= 4 is 0 Å². The number of nitriles is 1. The maximum atomic E-state index is 11.8. The maximum Gasteiger partial charge on any atom is 0.574 e. The van der Waals surface area contributed by atoms with E-state index in [1.165, 1.54) is 6.07 Å². The lowest BCUT2D eigenvalue weighted by Gasteiger charge is -2.08. The normalized spacial score (nSPS) is 10.9. The van der Waals surface area contributed by atoms with Crippen LogP contribution in [0.1, 0.15) is 11.3 Å². The topological polar surface area (TPSA) is 71.9 Å². The summed E-state index contributed by atoms with van der Waals surface area (Å²) in [5.41, 5.74) is 5.41. The summed E-state index contributed by atoms with van der Waals surface area (Å²) in [5.74, 6) is -0.623. The van der Waals surface area contributed by atoms with E-state index in [1.807, 2.05) is 0 Å². The number of aromatic nitrogens is 1. The van der Waals surface area contributed by atoms with Crippen LogP contribution in [0.2, 0.25) is 0 Å². The molecular formula is C8H6F3N3O. The fraction of sp³-hybridized carbons (Fsp3) is 0.250. The van der Waals surface area contributed by atoms with Gasteiger partial charge in [0.05, 0.1) is 11.3 Å². The van der Waals surface area contributed by atoms with Gasteiger partial charge in [-0.05, 0) is 6.07 Å². The van der Waals surface area contributed by atoms with Crippen molar-refractivity contribution in [3.05, 3.63) is 23.4 Å². The van der Waals surface area contributed by atoms with Crippen molar-refractivity contribution < 1.29 is 17.9 Å². The Morgan fingerprint density at radius 2 is 2.13 bits per heavy atom. The zero-order chi connectivity index (χ0) is 11.5. The summed E-state index contributed by atoms with van der Waals surface area (Å²) in [4.78, 5) is 3.46. The van der Waals surface area contributed by atoms with Crippen LogP contribution in [-0.4, -0.2) is 11.3 Å². The minimum Gasteiger partial charge on any atom is -0.388 e. The molecule has 0 aromatic carbocycles. The first-order chi connectivity index (χ1) is 6.96. The second-order valence-electron chi connectivity index (χ2n) is 2.51. The average molecular weight is 217 g/mol. The van der Waals surface area contributed by atoms with Crippen LogP contribution in [0.4, 0.5) is 13.2 Å². The van der Waals surface area contributed by atoms with E-state index < -0.39 is 12.2 Å². The van der Waals surface area contributed by atoms with E-state index in [0.29, 0.717) is 0 Å². The third-order valence-corrected chi connectivity index (χ3v) is 1.48. The molecule has 0 aliphatic rings. The highest BCUT2D eigenvalue weighted by atomic mass is 19.4. The van der Waals surface area contributed by atoms with Crippen molar-refractivity contribution in [2.75, 3.05) is 0 Å². The number of hydrogen-bond acceptors (Lipinski definition) is 4. The minimum atomic E-state index is -4.80. The number of halogens is 3. The van der Waals surface area contributed by atoms with Gasteiger partial charge in [-0.1, -0.05) is 0 Å². The first kappa shape index (κ1) is 11.3. The number of rotatable bonds is 2. The van der Waals surface area contributed by atoms with Crippen LogP contribution >= 0.6 is 0 Å². The number of alkyl halides is 3. The van der Waals surface area contributed by atoms with Gasteiger partial charge in [0.2, 0.25) is 5.88 Å². The Balaban J connectivity index is 3.00. The predicted molar refractivity (Wildman–Crippen MR) is 43.5 cm³/mol. The highest BCUT2D eigenvalue weighted by Gasteiger charge is 2.31. The van der Waals surface area contributed by atoms with E-state index in [1.54, 1.807) is 6.07 Å². The molecule has 0 saturated carbocycles. The quantitative estimate of drug-likeness (QED) is 0.810. The van der Waals surface area contributed by atoms with Gasteiger partial charge >= 0.3 is 6.36 Å². The van der Waals surface area contributed by atoms with Gasteiger partial charge in [0.15, 0.2) is 0 Å². The molecule has 1 heterocycles. The number of pyridine rings is 1. The number of ether oxygens (including phenoxy) is 1. The summed E-state index contributed by atoms with van der Waals surface area (Å²) in [6, 6.07) is 3.90. The predicted octanol–water partition coefficient (Wildman–Crippen LogP) is 1.31.